The van der Waals surface area contributed by atoms with Gasteiger partial charge in [-0.05, 0) is 0 Å². The number of rotatable bonds is 2. The Hall–Kier alpha value is 0.0187. The molecule has 0 heterocycles. The van der Waals surface area contributed by atoms with Crippen molar-refractivity contribution in [3.05, 3.63) is 29.8 Å². The predicted molar refractivity (Wildman–Crippen MR) is 63.5 cm³/mol. The van der Waals surface area contributed by atoms with Gasteiger partial charge in [-0.15, -0.1) is 0 Å². The van der Waals surface area contributed by atoms with Crippen LogP contribution in [0.1, 0.15) is 25.3 Å². The first kappa shape index (κ1) is 11.1. The van der Waals surface area contributed by atoms with Crippen LogP contribution in [0, 0.1) is 0 Å². The molecule has 0 aliphatic carbocycles. The summed E-state index contributed by atoms with van der Waals surface area (Å²) in [6.45, 7) is 4.52. The zero-order valence-electron chi connectivity index (χ0n) is 9.39. The molecule has 1 aromatic rings. The Kier molecular flexibility index (Phi) is 3.44. The van der Waals surface area contributed by atoms with Gasteiger partial charge < -0.3 is 0 Å². The van der Waals surface area contributed by atoms with Crippen molar-refractivity contribution in [1.29, 1.82) is 0 Å². The molecule has 0 aromatic heterocycles. The summed E-state index contributed by atoms with van der Waals surface area (Å²) in [7, 11) is 0. The van der Waals surface area contributed by atoms with Gasteiger partial charge in [0.2, 0.25) is 0 Å². The van der Waals surface area contributed by atoms with Crippen molar-refractivity contribution in [2.75, 3.05) is 0 Å². The van der Waals surface area contributed by atoms with Gasteiger partial charge in [-0.3, -0.25) is 0 Å². The molecule has 0 saturated heterocycles. The maximum atomic E-state index is 2.47. The standard InChI is InChI=1S/C9H11.3CH3.Sn/c1-8(2)9-6-4-3-5-7-9;;;;/h3-4,6-8H,1-2H3;3*1H3;. The van der Waals surface area contributed by atoms with Crippen molar-refractivity contribution in [2.45, 2.75) is 34.6 Å². The molecule has 0 nitrogen and oxygen atoms in total. The summed E-state index contributed by atoms with van der Waals surface area (Å²) in [5, 5.41) is 0. The van der Waals surface area contributed by atoms with Crippen LogP contribution in [0.25, 0.3) is 0 Å². The second-order valence-corrected chi connectivity index (χ2v) is 19.5. The third kappa shape index (κ3) is 3.01. The second-order valence-electron chi connectivity index (χ2n) is 5.03. The average molecular weight is 283 g/mol. The van der Waals surface area contributed by atoms with Crippen LogP contribution in [0.15, 0.2) is 24.3 Å². The Morgan fingerprint density at radius 1 is 1.08 bits per heavy atom. The molecule has 0 saturated carbocycles. The molecule has 0 atom stereocenters. The van der Waals surface area contributed by atoms with Gasteiger partial charge >= 0.3 is 86.4 Å². The quantitative estimate of drug-likeness (QED) is 0.730. The Morgan fingerprint density at radius 2 is 1.69 bits per heavy atom. The normalized spacial score (nSPS) is 12.2. The zero-order chi connectivity index (χ0) is 10.1. The van der Waals surface area contributed by atoms with E-state index < -0.39 is 18.4 Å². The molecule has 0 aliphatic heterocycles. The Bertz CT molecular complexity index is 281. The molecule has 0 unspecified atom stereocenters. The van der Waals surface area contributed by atoms with E-state index in [0.717, 1.165) is 0 Å². The van der Waals surface area contributed by atoms with E-state index in [1.807, 2.05) is 0 Å². The fourth-order valence-electron chi connectivity index (χ4n) is 1.36. The van der Waals surface area contributed by atoms with Gasteiger partial charge in [-0.25, -0.2) is 0 Å². The van der Waals surface area contributed by atoms with Crippen LogP contribution in [0.3, 0.4) is 0 Å². The molecular formula is C12H20Sn. The van der Waals surface area contributed by atoms with Crippen LogP contribution in [0.2, 0.25) is 14.8 Å². The first-order valence-electron chi connectivity index (χ1n) is 5.01. The molecule has 0 radical (unpaired) electrons. The van der Waals surface area contributed by atoms with E-state index >= 15 is 0 Å². The molecule has 0 N–H and O–H groups in total. The summed E-state index contributed by atoms with van der Waals surface area (Å²) in [4.78, 5) is 7.40. The van der Waals surface area contributed by atoms with E-state index in [9.17, 15) is 0 Å². The summed E-state index contributed by atoms with van der Waals surface area (Å²) < 4.78 is 1.64. The first-order valence-corrected chi connectivity index (χ1v) is 15.0. The summed E-state index contributed by atoms with van der Waals surface area (Å²) in [5.74, 6) is 0.661. The summed E-state index contributed by atoms with van der Waals surface area (Å²) in [6.07, 6.45) is 0. The fourth-order valence-corrected chi connectivity index (χ4v) is 4.78. The molecular weight excluding hydrogens is 263 g/mol. The summed E-state index contributed by atoms with van der Waals surface area (Å²) in [6, 6.07) is 9.18. The third-order valence-electron chi connectivity index (χ3n) is 2.42. The van der Waals surface area contributed by atoms with E-state index in [2.05, 4.69) is 52.9 Å². The minimum atomic E-state index is -1.82. The Balaban J connectivity index is 3.06. The minimum absolute atomic E-state index is 0.661. The van der Waals surface area contributed by atoms with Gasteiger partial charge in [0.1, 0.15) is 0 Å². The molecule has 0 fully saturated rings. The molecule has 0 amide bonds. The van der Waals surface area contributed by atoms with Gasteiger partial charge in [0.05, 0.1) is 0 Å². The Labute approximate surface area is 86.2 Å². The second kappa shape index (κ2) is 4.03. The number of hydrogen-bond acceptors (Lipinski definition) is 0. The van der Waals surface area contributed by atoms with E-state index in [1.165, 1.54) is 5.56 Å². The molecule has 0 spiro atoms. The summed E-state index contributed by atoms with van der Waals surface area (Å²) in [5.41, 5.74) is 1.49. The number of benzene rings is 1. The van der Waals surface area contributed by atoms with Crippen LogP contribution in [0.4, 0.5) is 0 Å². The third-order valence-corrected chi connectivity index (χ3v) is 8.25. The predicted octanol–water partition coefficient (Wildman–Crippen LogP) is 3.36. The topological polar surface area (TPSA) is 0 Å². The average Bonchev–Trinajstić information content (AvgIpc) is 2.03. The van der Waals surface area contributed by atoms with E-state index in [0.29, 0.717) is 5.92 Å². The van der Waals surface area contributed by atoms with E-state index in [1.54, 1.807) is 3.58 Å². The van der Waals surface area contributed by atoms with Crippen LogP contribution in [0.5, 0.6) is 0 Å². The van der Waals surface area contributed by atoms with Crippen molar-refractivity contribution in [2.24, 2.45) is 0 Å². The molecule has 1 aromatic carbocycles. The molecule has 0 bridgehead atoms. The van der Waals surface area contributed by atoms with Gasteiger partial charge in [-0.1, -0.05) is 0 Å². The van der Waals surface area contributed by atoms with Crippen molar-refractivity contribution in [1.82, 2.24) is 0 Å². The maximum absolute atomic E-state index is 2.47. The molecule has 13 heavy (non-hydrogen) atoms. The van der Waals surface area contributed by atoms with E-state index in [4.69, 9.17) is 0 Å². The van der Waals surface area contributed by atoms with E-state index in [-0.39, 0.29) is 0 Å². The summed E-state index contributed by atoms with van der Waals surface area (Å²) >= 11 is -1.82. The Morgan fingerprint density at radius 3 is 2.15 bits per heavy atom. The first-order chi connectivity index (χ1) is 5.91. The van der Waals surface area contributed by atoms with Crippen LogP contribution < -0.4 is 3.58 Å². The number of hydrogen-bond donors (Lipinski definition) is 0. The van der Waals surface area contributed by atoms with Crippen molar-refractivity contribution >= 4 is 22.0 Å². The van der Waals surface area contributed by atoms with Crippen molar-refractivity contribution in [3.63, 3.8) is 0 Å². The van der Waals surface area contributed by atoms with Gasteiger partial charge in [0.15, 0.2) is 0 Å². The van der Waals surface area contributed by atoms with Crippen molar-refractivity contribution in [3.8, 4) is 0 Å². The molecule has 0 aliphatic rings. The molecule has 1 rings (SSSR count). The monoisotopic (exact) mass is 284 g/mol. The zero-order valence-corrected chi connectivity index (χ0v) is 12.2. The van der Waals surface area contributed by atoms with Gasteiger partial charge in [-0.2, -0.15) is 0 Å². The van der Waals surface area contributed by atoms with Crippen LogP contribution in [-0.4, -0.2) is 18.4 Å². The molecule has 72 valence electrons. The molecule has 1 heteroatoms. The van der Waals surface area contributed by atoms with Crippen LogP contribution in [-0.2, 0) is 0 Å². The van der Waals surface area contributed by atoms with Gasteiger partial charge in [0, 0.05) is 0 Å². The van der Waals surface area contributed by atoms with Gasteiger partial charge in [0.25, 0.3) is 0 Å². The van der Waals surface area contributed by atoms with Crippen molar-refractivity contribution < 1.29 is 0 Å². The fraction of sp³-hybridized carbons (Fsp3) is 0.500. The van der Waals surface area contributed by atoms with Crippen LogP contribution >= 0.6 is 0 Å². The SMILES string of the molecule is CC(C)c1ccc[c]([Sn]([CH3])([CH3])[CH3])c1.